The molecule has 1 saturated carbocycles. The lowest BCUT2D eigenvalue weighted by Crippen LogP contribution is -2.45. The number of amides is 1. The van der Waals surface area contributed by atoms with Crippen LogP contribution in [-0.2, 0) is 4.79 Å². The second kappa shape index (κ2) is 10.8. The van der Waals surface area contributed by atoms with Gasteiger partial charge < -0.3 is 9.88 Å². The second-order valence-electron chi connectivity index (χ2n) is 10.7. The maximum absolute atomic E-state index is 13.7. The highest BCUT2D eigenvalue weighted by molar-refractivity contribution is 5.79. The number of nitrogens with zero attached hydrogens (tertiary/aromatic N) is 4. The van der Waals surface area contributed by atoms with Crippen molar-refractivity contribution in [3.63, 3.8) is 0 Å². The van der Waals surface area contributed by atoms with Gasteiger partial charge in [0, 0.05) is 63.0 Å². The van der Waals surface area contributed by atoms with Crippen molar-refractivity contribution in [2.24, 2.45) is 5.92 Å². The fraction of sp³-hybridized carbons (Fsp3) is 0.690. The zero-order chi connectivity index (χ0) is 34.6. The number of hydrogen-bond donors (Lipinski definition) is 1. The van der Waals surface area contributed by atoms with E-state index < -0.39 is 56.0 Å². The molecule has 2 bridgehead atoms. The van der Waals surface area contributed by atoms with Crippen molar-refractivity contribution < 1.29 is 27.3 Å². The molecule has 3 fully saturated rings. The first-order chi connectivity index (χ1) is 21.7. The van der Waals surface area contributed by atoms with Crippen LogP contribution < -0.4 is 5.32 Å². The minimum atomic E-state index is -3.36. The summed E-state index contributed by atoms with van der Waals surface area (Å²) in [7, 11) is 0. The van der Waals surface area contributed by atoms with Gasteiger partial charge in [0.1, 0.15) is 11.6 Å². The predicted molar refractivity (Wildman–Crippen MR) is 139 cm³/mol. The van der Waals surface area contributed by atoms with Gasteiger partial charge in [-0.1, -0.05) is 44.0 Å². The highest BCUT2D eigenvalue weighted by Gasteiger charge is 2.42. The van der Waals surface area contributed by atoms with Gasteiger partial charge in [-0.2, -0.15) is 0 Å². The minimum absolute atomic E-state index is 0.0631. The van der Waals surface area contributed by atoms with Crippen molar-refractivity contribution in [1.82, 2.24) is 25.0 Å². The molecule has 1 amide bonds. The van der Waals surface area contributed by atoms with E-state index in [1.165, 1.54) is 0 Å². The van der Waals surface area contributed by atoms with Gasteiger partial charge in [-0.15, -0.1) is 10.2 Å². The Hall–Kier alpha value is -2.35. The third-order valence-corrected chi connectivity index (χ3v) is 8.43. The van der Waals surface area contributed by atoms with Gasteiger partial charge in [0.05, 0.1) is 6.04 Å². The molecule has 8 heteroatoms. The van der Waals surface area contributed by atoms with Crippen LogP contribution in [-0.4, -0.2) is 50.1 Å². The number of alkyl halides is 2. The Balaban J connectivity index is 1.36. The van der Waals surface area contributed by atoms with Crippen LogP contribution in [0.15, 0.2) is 30.3 Å². The molecule has 0 radical (unpaired) electrons. The summed E-state index contributed by atoms with van der Waals surface area (Å²) < 4.78 is 109. The van der Waals surface area contributed by atoms with Crippen molar-refractivity contribution in [3.05, 3.63) is 47.5 Å². The highest BCUT2D eigenvalue weighted by atomic mass is 19.3. The molecule has 2 saturated heterocycles. The van der Waals surface area contributed by atoms with E-state index in [4.69, 9.17) is 13.7 Å². The van der Waals surface area contributed by atoms with Gasteiger partial charge in [-0.05, 0) is 57.4 Å². The first kappa shape index (κ1) is 16.6. The zero-order valence-corrected chi connectivity index (χ0v) is 20.8. The number of halogens is 2. The molecule has 3 unspecified atom stereocenters. The van der Waals surface area contributed by atoms with Crippen molar-refractivity contribution in [2.75, 3.05) is 6.54 Å². The number of aryl methyl sites for hydroxylation is 1. The number of nitrogens with one attached hydrogen (secondary N) is 1. The van der Waals surface area contributed by atoms with Crippen LogP contribution in [0, 0.1) is 12.8 Å². The van der Waals surface area contributed by atoms with E-state index in [0.29, 0.717) is 25.8 Å². The molecule has 37 heavy (non-hydrogen) atoms. The molecule has 202 valence electrons. The summed E-state index contributed by atoms with van der Waals surface area (Å²) >= 11 is 0. The Morgan fingerprint density at radius 3 is 2.46 bits per heavy atom. The Kier molecular flexibility index (Phi) is 4.84. The van der Waals surface area contributed by atoms with Crippen LogP contribution in [0.3, 0.4) is 0 Å². The van der Waals surface area contributed by atoms with Crippen molar-refractivity contribution in [2.45, 2.75) is 114 Å². The fourth-order valence-electron chi connectivity index (χ4n) is 6.51. The van der Waals surface area contributed by atoms with Gasteiger partial charge in [-0.25, -0.2) is 8.78 Å². The van der Waals surface area contributed by atoms with Gasteiger partial charge in [0.15, 0.2) is 0 Å². The predicted octanol–water partition coefficient (Wildman–Crippen LogP) is 5.95. The summed E-state index contributed by atoms with van der Waals surface area (Å²) in [5.41, 5.74) is 0.891. The van der Waals surface area contributed by atoms with Crippen molar-refractivity contribution in [3.8, 4) is 0 Å². The maximum Gasteiger partial charge on any atom is 0.248 e. The lowest BCUT2D eigenvalue weighted by Gasteiger charge is -2.40. The first-order valence-corrected chi connectivity index (χ1v) is 13.2. The smallest absolute Gasteiger partial charge is 0.248 e. The van der Waals surface area contributed by atoms with Gasteiger partial charge in [0.25, 0.3) is 0 Å². The molecule has 1 aromatic heterocycles. The van der Waals surface area contributed by atoms with Crippen molar-refractivity contribution in [1.29, 1.82) is 0 Å². The summed E-state index contributed by atoms with van der Waals surface area (Å²) in [5, 5.41) is 10.6. The number of carbonyl (C=O) groups excluding carboxylic acids is 1. The molecule has 1 aliphatic carbocycles. The molecular weight excluding hydrogens is 472 g/mol. The molecule has 2 aromatic rings. The molecule has 1 N–H and O–H groups in total. The number of aromatic nitrogens is 3. The second-order valence-corrected chi connectivity index (χ2v) is 10.7. The fourth-order valence-corrected chi connectivity index (χ4v) is 6.51. The first-order valence-electron chi connectivity index (χ1n) is 18.2. The largest absolute Gasteiger partial charge is 0.349 e. The lowest BCUT2D eigenvalue weighted by atomic mass is 9.86. The third-order valence-electron chi connectivity index (χ3n) is 8.43. The molecule has 3 atom stereocenters. The maximum atomic E-state index is 13.7. The number of rotatable bonds is 8. The van der Waals surface area contributed by atoms with E-state index in [2.05, 4.69) is 20.4 Å². The van der Waals surface area contributed by atoms with E-state index in [0.717, 1.165) is 23.0 Å². The van der Waals surface area contributed by atoms with Crippen LogP contribution in [0.2, 0.25) is 0 Å². The van der Waals surface area contributed by atoms with Gasteiger partial charge in [0.2, 0.25) is 11.8 Å². The average molecular weight is 524 g/mol. The zero-order valence-electron chi connectivity index (χ0n) is 30.8. The Morgan fingerprint density at radius 2 is 1.81 bits per heavy atom. The molecule has 2 aliphatic heterocycles. The number of benzene rings is 1. The summed E-state index contributed by atoms with van der Waals surface area (Å²) in [4.78, 5) is 15.5. The number of fused-ring (bicyclic) bond motifs is 2. The van der Waals surface area contributed by atoms with E-state index in [1.807, 2.05) is 30.3 Å². The van der Waals surface area contributed by atoms with Crippen LogP contribution in [0.4, 0.5) is 8.78 Å². The van der Waals surface area contributed by atoms with E-state index in [-0.39, 0.29) is 49.7 Å². The number of carbonyl (C=O) groups is 1. The van der Waals surface area contributed by atoms with Crippen LogP contribution >= 0.6 is 0 Å². The monoisotopic (exact) mass is 523 g/mol. The molecule has 1 aromatic carbocycles. The molecular formula is C29H41F2N5O. The highest BCUT2D eigenvalue weighted by Crippen LogP contribution is 2.42. The topological polar surface area (TPSA) is 63.1 Å². The van der Waals surface area contributed by atoms with E-state index >= 15 is 0 Å². The van der Waals surface area contributed by atoms with Crippen molar-refractivity contribution >= 4 is 5.91 Å². The van der Waals surface area contributed by atoms with E-state index in [9.17, 15) is 13.6 Å². The summed E-state index contributed by atoms with van der Waals surface area (Å²) in [6, 6.07) is 8.29. The standard InChI is InChI=1S/C29H41F2N5O/c1-19(2)27-34-33-20(3)36(27)25-17-23-9-10-24(18-25)35(23)16-13-26(21-7-5-4-6-8-21)32-28(37)22-11-14-29(30,31)15-12-22/h4-8,19,22-26H,9-18H2,1-3H3,(H,32,37)/i1D3,2D3,3D3,19D. The molecule has 3 heterocycles. The quantitative estimate of drug-likeness (QED) is 0.464. The van der Waals surface area contributed by atoms with Crippen LogP contribution in [0.25, 0.3) is 0 Å². The third kappa shape index (κ3) is 5.74. The average Bonchev–Trinajstić information content (AvgIpc) is 3.52. The molecule has 3 aliphatic rings. The van der Waals surface area contributed by atoms with Gasteiger partial charge >= 0.3 is 0 Å². The van der Waals surface area contributed by atoms with Crippen LogP contribution in [0.5, 0.6) is 0 Å². The minimum Gasteiger partial charge on any atom is -0.349 e. The summed E-state index contributed by atoms with van der Waals surface area (Å²) in [6.07, 6.45) is 2.43. The Bertz CT molecular complexity index is 1380. The normalized spacial score (nSPS) is 32.2. The number of hydrogen-bond acceptors (Lipinski definition) is 4. The molecule has 0 spiro atoms. The summed E-state index contributed by atoms with van der Waals surface area (Å²) in [5.74, 6) is -7.90. The van der Waals surface area contributed by atoms with E-state index in [1.54, 1.807) is 0 Å². The molecule has 5 rings (SSSR count). The van der Waals surface area contributed by atoms with Crippen LogP contribution in [0.1, 0.15) is 120 Å². The SMILES string of the molecule is [2H]C([2H])([2H])c1nnc(C([2H])(C([2H])([2H])[2H])C([2H])([2H])[2H])n1C1CC2CCC(C1)N2CCC(NC(=O)C1CCC(F)(F)CC1)c1ccccc1. The lowest BCUT2D eigenvalue weighted by molar-refractivity contribution is -0.130. The molecule has 6 nitrogen and oxygen atoms in total. The Morgan fingerprint density at radius 1 is 1.11 bits per heavy atom. The Labute approximate surface area is 233 Å². The summed E-state index contributed by atoms with van der Waals surface area (Å²) in [6.45, 7) is -8.98. The van der Waals surface area contributed by atoms with Gasteiger partial charge in [-0.3, -0.25) is 9.69 Å². The number of piperidine rings is 1.